The van der Waals surface area contributed by atoms with E-state index in [1.54, 1.807) is 42.7 Å². The van der Waals surface area contributed by atoms with E-state index >= 15 is 0 Å². The van der Waals surface area contributed by atoms with E-state index in [9.17, 15) is 23.1 Å². The number of hydrogen-bond acceptors (Lipinski definition) is 6. The lowest BCUT2D eigenvalue weighted by Gasteiger charge is -2.22. The Bertz CT molecular complexity index is 1630. The van der Waals surface area contributed by atoms with Crippen molar-refractivity contribution in [3.05, 3.63) is 71.0 Å². The molecule has 3 heterocycles. The number of carboxylic acid groups (broad SMARTS) is 1. The maximum absolute atomic E-state index is 12.5. The van der Waals surface area contributed by atoms with E-state index in [2.05, 4.69) is 28.5 Å². The third kappa shape index (κ3) is 7.71. The largest absolute Gasteiger partial charge is 0.573 e. The van der Waals surface area contributed by atoms with Crippen LogP contribution in [-0.4, -0.2) is 53.2 Å². The summed E-state index contributed by atoms with van der Waals surface area (Å²) < 4.78 is 47.7. The Morgan fingerprint density at radius 1 is 1.09 bits per heavy atom. The molecule has 0 aliphatic carbocycles. The van der Waals surface area contributed by atoms with Crippen LogP contribution in [0.1, 0.15) is 55.5 Å². The molecule has 3 atom stereocenters. The summed E-state index contributed by atoms with van der Waals surface area (Å²) in [4.78, 5) is 22.9. The first kappa shape index (κ1) is 31.8. The average Bonchev–Trinajstić information content (AvgIpc) is 3.46. The van der Waals surface area contributed by atoms with Crippen molar-refractivity contribution in [1.29, 1.82) is 0 Å². The third-order valence-electron chi connectivity index (χ3n) is 8.51. The summed E-state index contributed by atoms with van der Waals surface area (Å²) >= 11 is 5.99. The van der Waals surface area contributed by atoms with Gasteiger partial charge in [-0.1, -0.05) is 37.6 Å². The highest BCUT2D eigenvalue weighted by Gasteiger charge is 2.32. The van der Waals surface area contributed by atoms with Crippen LogP contribution in [0.3, 0.4) is 0 Å². The minimum Gasteiger partial charge on any atom is -0.478 e. The second-order valence-electron chi connectivity index (χ2n) is 11.6. The lowest BCUT2D eigenvalue weighted by Crippen LogP contribution is -2.24. The van der Waals surface area contributed by atoms with Crippen LogP contribution in [-0.2, 0) is 11.2 Å². The van der Waals surface area contributed by atoms with Crippen LogP contribution < -0.4 is 9.64 Å². The number of fused-ring (bicyclic) bond motifs is 3. The molecule has 11 heteroatoms. The summed E-state index contributed by atoms with van der Waals surface area (Å²) in [6.07, 6.45) is 3.28. The van der Waals surface area contributed by atoms with Gasteiger partial charge < -0.3 is 19.5 Å². The van der Waals surface area contributed by atoms with Crippen molar-refractivity contribution < 1.29 is 32.5 Å². The molecule has 2 aromatic carbocycles. The fourth-order valence-electron chi connectivity index (χ4n) is 5.79. The molecule has 0 radical (unpaired) electrons. The van der Waals surface area contributed by atoms with Gasteiger partial charge in [-0.2, -0.15) is 0 Å². The van der Waals surface area contributed by atoms with Gasteiger partial charge in [-0.25, -0.2) is 9.78 Å². The Morgan fingerprint density at radius 2 is 1.89 bits per heavy atom. The molecular formula is C33H35ClF3N3O4. The number of aryl methyl sites for hydroxylation is 1. The third-order valence-corrected chi connectivity index (χ3v) is 8.80. The van der Waals surface area contributed by atoms with Gasteiger partial charge in [0.25, 0.3) is 0 Å². The van der Waals surface area contributed by atoms with Gasteiger partial charge in [0.2, 0.25) is 0 Å². The summed E-state index contributed by atoms with van der Waals surface area (Å²) in [5.74, 6) is 0.320. The summed E-state index contributed by atoms with van der Waals surface area (Å²) in [7, 11) is 0. The van der Waals surface area contributed by atoms with E-state index in [1.807, 2.05) is 6.07 Å². The van der Waals surface area contributed by atoms with Crippen molar-refractivity contribution in [2.24, 2.45) is 11.8 Å². The number of aromatic carboxylic acids is 1. The fraction of sp³-hybridized carbons (Fsp3) is 0.424. The van der Waals surface area contributed by atoms with Crippen LogP contribution in [0, 0.1) is 11.8 Å². The molecule has 1 unspecified atom stereocenters. The Morgan fingerprint density at radius 3 is 2.64 bits per heavy atom. The monoisotopic (exact) mass is 629 g/mol. The van der Waals surface area contributed by atoms with Crippen LogP contribution in [0.5, 0.6) is 5.75 Å². The molecule has 2 aromatic heterocycles. The molecule has 1 saturated heterocycles. The van der Waals surface area contributed by atoms with Crippen molar-refractivity contribution >= 4 is 45.1 Å². The molecule has 0 saturated carbocycles. The zero-order chi connectivity index (χ0) is 31.4. The molecule has 0 bridgehead atoms. The smallest absolute Gasteiger partial charge is 0.478 e. The molecular weight excluding hydrogens is 595 g/mol. The fourth-order valence-corrected chi connectivity index (χ4v) is 6.03. The van der Waals surface area contributed by atoms with Gasteiger partial charge in [-0.15, -0.1) is 13.2 Å². The van der Waals surface area contributed by atoms with Crippen molar-refractivity contribution in [3.8, 4) is 5.75 Å². The van der Waals surface area contributed by atoms with Crippen molar-refractivity contribution in [3.63, 3.8) is 0 Å². The molecule has 234 valence electrons. The summed E-state index contributed by atoms with van der Waals surface area (Å²) in [5, 5.41) is 12.2. The Kier molecular flexibility index (Phi) is 9.80. The lowest BCUT2D eigenvalue weighted by molar-refractivity contribution is -0.274. The molecule has 44 heavy (non-hydrogen) atoms. The van der Waals surface area contributed by atoms with Gasteiger partial charge in [-0.3, -0.25) is 4.98 Å². The highest BCUT2D eigenvalue weighted by Crippen LogP contribution is 2.34. The topological polar surface area (TPSA) is 84.8 Å². The average molecular weight is 630 g/mol. The van der Waals surface area contributed by atoms with Gasteiger partial charge in [-0.05, 0) is 79.8 Å². The number of carbonyl (C=O) groups is 1. The number of carboxylic acids is 1. The second-order valence-corrected chi connectivity index (χ2v) is 12.0. The molecule has 1 fully saturated rings. The highest BCUT2D eigenvalue weighted by molar-refractivity contribution is 6.32. The standard InChI is InChI=1S/C33H35ClF3N3O4/c1-20(21(2)5-6-22-7-10-30(28(34)16-22)44-33(35,36)37)4-3-15-43-24-12-14-40(19-24)31-26-11-13-38-18-27(26)25-9-8-23(32(41)42)17-29(25)39-31/h7-11,13,16-18,20-21,24H,3-6,12,14-15,19H2,1-2H3,(H,41,42)/t20?,21-,24+/m1/s1. The molecule has 1 aliphatic heterocycles. The molecule has 4 aromatic rings. The second kappa shape index (κ2) is 13.6. The zero-order valence-corrected chi connectivity index (χ0v) is 25.4. The van der Waals surface area contributed by atoms with Crippen molar-refractivity contribution in [2.45, 2.75) is 58.4 Å². The summed E-state index contributed by atoms with van der Waals surface area (Å²) in [6, 6.07) is 11.4. The van der Waals surface area contributed by atoms with E-state index in [1.165, 1.54) is 6.07 Å². The van der Waals surface area contributed by atoms with E-state index in [-0.39, 0.29) is 22.4 Å². The number of pyridine rings is 2. The van der Waals surface area contributed by atoms with Gasteiger partial charge in [0, 0.05) is 48.2 Å². The van der Waals surface area contributed by atoms with Crippen LogP contribution in [0.4, 0.5) is 19.0 Å². The number of anilines is 1. The first-order chi connectivity index (χ1) is 21.0. The molecule has 1 N–H and O–H groups in total. The van der Waals surface area contributed by atoms with Gasteiger partial charge in [0.05, 0.1) is 22.2 Å². The molecule has 5 rings (SSSR count). The zero-order valence-electron chi connectivity index (χ0n) is 24.6. The molecule has 7 nitrogen and oxygen atoms in total. The number of halogens is 4. The van der Waals surface area contributed by atoms with Crippen molar-refractivity contribution in [2.75, 3.05) is 24.6 Å². The van der Waals surface area contributed by atoms with Crippen molar-refractivity contribution in [1.82, 2.24) is 9.97 Å². The first-order valence-corrected chi connectivity index (χ1v) is 15.2. The van der Waals surface area contributed by atoms with E-state index in [4.69, 9.17) is 21.3 Å². The SMILES string of the molecule is CC(CCCO[C@H]1CCN(c2nc3cc(C(=O)O)ccc3c3cnccc23)C1)[C@H](C)CCc1ccc(OC(F)(F)F)c(Cl)c1. The van der Waals surface area contributed by atoms with Crippen LogP contribution in [0.15, 0.2) is 54.9 Å². The Balaban J connectivity index is 1.10. The maximum atomic E-state index is 12.5. The Hall–Kier alpha value is -3.63. The summed E-state index contributed by atoms with van der Waals surface area (Å²) in [5.41, 5.74) is 1.71. The lowest BCUT2D eigenvalue weighted by atomic mass is 9.87. The van der Waals surface area contributed by atoms with E-state index < -0.39 is 12.3 Å². The number of nitrogens with zero attached hydrogens (tertiary/aromatic N) is 3. The number of benzene rings is 2. The first-order valence-electron chi connectivity index (χ1n) is 14.8. The normalized spacial score (nSPS) is 16.9. The van der Waals surface area contributed by atoms with Gasteiger partial charge in [0.15, 0.2) is 0 Å². The number of alkyl halides is 3. The number of hydrogen-bond donors (Lipinski definition) is 1. The summed E-state index contributed by atoms with van der Waals surface area (Å²) in [6.45, 7) is 6.56. The maximum Gasteiger partial charge on any atom is 0.573 e. The molecule has 0 amide bonds. The minimum atomic E-state index is -4.77. The Labute approximate surface area is 259 Å². The highest BCUT2D eigenvalue weighted by atomic mass is 35.5. The van der Waals surface area contributed by atoms with Crippen LogP contribution >= 0.6 is 11.6 Å². The van der Waals surface area contributed by atoms with Crippen LogP contribution in [0.2, 0.25) is 5.02 Å². The number of aromatic nitrogens is 2. The molecule has 1 aliphatic rings. The molecule has 0 spiro atoms. The van der Waals surface area contributed by atoms with Gasteiger partial charge >= 0.3 is 12.3 Å². The quantitative estimate of drug-likeness (QED) is 0.125. The predicted octanol–water partition coefficient (Wildman–Crippen LogP) is 8.31. The predicted molar refractivity (Wildman–Crippen MR) is 165 cm³/mol. The van der Waals surface area contributed by atoms with Crippen LogP contribution in [0.25, 0.3) is 21.7 Å². The number of rotatable bonds is 12. The van der Waals surface area contributed by atoms with E-state index in [0.717, 1.165) is 66.2 Å². The number of ether oxygens (including phenoxy) is 2. The minimum absolute atomic E-state index is 0.0444. The van der Waals surface area contributed by atoms with E-state index in [0.29, 0.717) is 30.5 Å². The van der Waals surface area contributed by atoms with Gasteiger partial charge in [0.1, 0.15) is 11.6 Å².